The van der Waals surface area contributed by atoms with Crippen LogP contribution in [-0.4, -0.2) is 25.4 Å². The number of thioether (sulfide) groups is 1. The average Bonchev–Trinajstić information content (AvgIpc) is 3.45. The van der Waals surface area contributed by atoms with Gasteiger partial charge in [0.2, 0.25) is 11.8 Å². The Bertz CT molecular complexity index is 1260. The number of nitrogens with one attached hydrogen (secondary N) is 1. The Morgan fingerprint density at radius 3 is 2.57 bits per heavy atom. The van der Waals surface area contributed by atoms with Gasteiger partial charge in [0.05, 0.1) is 21.9 Å². The van der Waals surface area contributed by atoms with Crippen LogP contribution in [0.5, 0.6) is 0 Å². The third-order valence-corrected chi connectivity index (χ3v) is 5.25. The highest BCUT2D eigenvalue weighted by Gasteiger charge is 2.16. The van der Waals surface area contributed by atoms with Gasteiger partial charge in [-0.25, -0.2) is 0 Å². The maximum atomic E-state index is 6.17. The van der Waals surface area contributed by atoms with Crippen molar-refractivity contribution in [2.45, 2.75) is 11.0 Å². The largest absolute Gasteiger partial charge is 0.420 e. The Hall–Kier alpha value is -3.10. The molecule has 0 bridgehead atoms. The first-order valence-electron chi connectivity index (χ1n) is 8.38. The highest BCUT2D eigenvalue weighted by atomic mass is 35.5. The van der Waals surface area contributed by atoms with Crippen LogP contribution in [0.15, 0.2) is 68.8 Å². The Balaban J connectivity index is 1.31. The number of rotatable bonds is 5. The van der Waals surface area contributed by atoms with E-state index in [1.165, 1.54) is 11.8 Å². The minimum atomic E-state index is 0.381. The lowest BCUT2D eigenvalue weighted by molar-refractivity contribution is 0.464. The fourth-order valence-corrected chi connectivity index (χ4v) is 3.62. The molecule has 3 aromatic heterocycles. The normalized spacial score (nSPS) is 11.3. The Morgan fingerprint density at radius 1 is 0.857 bits per heavy atom. The molecule has 0 amide bonds. The summed E-state index contributed by atoms with van der Waals surface area (Å²) in [5.74, 6) is 1.70. The van der Waals surface area contributed by atoms with E-state index in [4.69, 9.17) is 20.4 Å². The van der Waals surface area contributed by atoms with Gasteiger partial charge in [-0.3, -0.25) is 0 Å². The number of halogens is 1. The van der Waals surface area contributed by atoms with Crippen molar-refractivity contribution in [1.82, 2.24) is 25.4 Å². The summed E-state index contributed by atoms with van der Waals surface area (Å²) in [4.78, 5) is 3.20. The van der Waals surface area contributed by atoms with Crippen molar-refractivity contribution in [1.29, 1.82) is 0 Å². The summed E-state index contributed by atoms with van der Waals surface area (Å²) in [6.45, 7) is 0. The molecule has 0 fully saturated rings. The van der Waals surface area contributed by atoms with Gasteiger partial charge < -0.3 is 13.8 Å². The van der Waals surface area contributed by atoms with E-state index in [0.717, 1.165) is 16.5 Å². The van der Waals surface area contributed by atoms with Crippen molar-refractivity contribution in [2.24, 2.45) is 0 Å². The first kappa shape index (κ1) is 17.0. The van der Waals surface area contributed by atoms with Gasteiger partial charge in [-0.2, -0.15) is 0 Å². The second-order valence-corrected chi connectivity index (χ2v) is 7.22. The van der Waals surface area contributed by atoms with Crippen LogP contribution in [0.2, 0.25) is 5.02 Å². The standard InChI is InChI=1S/C19H12ClN5O2S/c20-14-7-3-1-6-12(14)17-23-22-16(26-17)10-28-19-25-24-18(27-19)13-9-21-15-8-4-2-5-11(13)15/h1-9,21H,10H2. The number of H-pyrrole nitrogens is 1. The van der Waals surface area contributed by atoms with Gasteiger partial charge in [-0.15, -0.1) is 20.4 Å². The second-order valence-electron chi connectivity index (χ2n) is 5.89. The van der Waals surface area contributed by atoms with E-state index in [1.807, 2.05) is 48.7 Å². The van der Waals surface area contributed by atoms with E-state index in [9.17, 15) is 0 Å². The highest BCUT2D eigenvalue weighted by Crippen LogP contribution is 2.31. The topological polar surface area (TPSA) is 93.6 Å². The number of benzene rings is 2. The van der Waals surface area contributed by atoms with Crippen LogP contribution in [0.3, 0.4) is 0 Å². The van der Waals surface area contributed by atoms with Gasteiger partial charge in [-0.1, -0.05) is 53.7 Å². The van der Waals surface area contributed by atoms with Crippen molar-refractivity contribution >= 4 is 34.3 Å². The fraction of sp³-hybridized carbons (Fsp3) is 0.0526. The average molecular weight is 410 g/mol. The summed E-state index contributed by atoms with van der Waals surface area (Å²) >= 11 is 7.50. The Kier molecular flexibility index (Phi) is 4.34. The molecule has 28 heavy (non-hydrogen) atoms. The molecule has 0 saturated carbocycles. The minimum Gasteiger partial charge on any atom is -0.420 e. The van der Waals surface area contributed by atoms with Crippen LogP contribution in [0.4, 0.5) is 0 Å². The molecule has 5 aromatic rings. The number of aromatic nitrogens is 5. The number of aromatic amines is 1. The molecular weight excluding hydrogens is 398 g/mol. The molecule has 0 unspecified atom stereocenters. The monoisotopic (exact) mass is 409 g/mol. The van der Waals surface area contributed by atoms with Crippen LogP contribution in [0, 0.1) is 0 Å². The van der Waals surface area contributed by atoms with Crippen LogP contribution < -0.4 is 0 Å². The molecule has 0 saturated heterocycles. The lowest BCUT2D eigenvalue weighted by Crippen LogP contribution is -1.80. The second kappa shape index (κ2) is 7.14. The molecule has 5 rings (SSSR count). The zero-order valence-corrected chi connectivity index (χ0v) is 15.9. The van der Waals surface area contributed by atoms with Gasteiger partial charge in [0.15, 0.2) is 0 Å². The molecule has 0 aliphatic rings. The van der Waals surface area contributed by atoms with E-state index in [1.54, 1.807) is 6.07 Å². The number of fused-ring (bicyclic) bond motifs is 1. The summed E-state index contributed by atoms with van der Waals surface area (Å²) in [6, 6.07) is 15.3. The summed E-state index contributed by atoms with van der Waals surface area (Å²) in [5, 5.41) is 18.4. The van der Waals surface area contributed by atoms with Crippen LogP contribution in [-0.2, 0) is 5.75 Å². The van der Waals surface area contributed by atoms with Crippen LogP contribution >= 0.6 is 23.4 Å². The van der Waals surface area contributed by atoms with Gasteiger partial charge in [0, 0.05) is 17.1 Å². The van der Waals surface area contributed by atoms with E-state index < -0.39 is 0 Å². The Labute approximate surface area is 168 Å². The molecule has 0 spiro atoms. The molecule has 1 N–H and O–H groups in total. The van der Waals surface area contributed by atoms with Crippen molar-refractivity contribution in [3.63, 3.8) is 0 Å². The predicted molar refractivity (Wildman–Crippen MR) is 106 cm³/mol. The van der Waals surface area contributed by atoms with Crippen molar-refractivity contribution in [3.05, 3.63) is 65.6 Å². The number of hydrogen-bond donors (Lipinski definition) is 1. The van der Waals surface area contributed by atoms with Gasteiger partial charge in [0.25, 0.3) is 11.1 Å². The van der Waals surface area contributed by atoms with E-state index in [0.29, 0.717) is 39.2 Å². The minimum absolute atomic E-state index is 0.381. The van der Waals surface area contributed by atoms with Crippen molar-refractivity contribution in [2.75, 3.05) is 0 Å². The molecule has 2 aromatic carbocycles. The number of para-hydroxylation sites is 1. The molecule has 138 valence electrons. The highest BCUT2D eigenvalue weighted by molar-refractivity contribution is 7.98. The summed E-state index contributed by atoms with van der Waals surface area (Å²) in [5.41, 5.74) is 2.59. The molecule has 0 aliphatic heterocycles. The lowest BCUT2D eigenvalue weighted by Gasteiger charge is -1.96. The quantitative estimate of drug-likeness (QED) is 0.398. The maximum absolute atomic E-state index is 6.17. The molecule has 0 radical (unpaired) electrons. The summed E-state index contributed by atoms with van der Waals surface area (Å²) in [6.07, 6.45) is 1.86. The SMILES string of the molecule is Clc1ccccc1-c1nnc(CSc2nnc(-c3c[nH]c4ccccc34)o2)o1. The fourth-order valence-electron chi connectivity index (χ4n) is 2.80. The predicted octanol–water partition coefficient (Wildman–Crippen LogP) is 5.21. The van der Waals surface area contributed by atoms with Crippen molar-refractivity contribution < 1.29 is 8.83 Å². The summed E-state index contributed by atoms with van der Waals surface area (Å²) in [7, 11) is 0. The Morgan fingerprint density at radius 2 is 1.64 bits per heavy atom. The zero-order chi connectivity index (χ0) is 18.9. The van der Waals surface area contributed by atoms with Gasteiger partial charge in [-0.05, 0) is 18.2 Å². The van der Waals surface area contributed by atoms with Crippen molar-refractivity contribution in [3.8, 4) is 22.9 Å². The molecule has 7 nitrogen and oxygen atoms in total. The molecule has 3 heterocycles. The zero-order valence-electron chi connectivity index (χ0n) is 14.3. The summed E-state index contributed by atoms with van der Waals surface area (Å²) < 4.78 is 11.5. The smallest absolute Gasteiger partial charge is 0.277 e. The number of nitrogens with zero attached hydrogens (tertiary/aromatic N) is 4. The van der Waals surface area contributed by atoms with E-state index >= 15 is 0 Å². The third-order valence-electron chi connectivity index (χ3n) is 4.12. The lowest BCUT2D eigenvalue weighted by atomic mass is 10.2. The van der Waals surface area contributed by atoms with Crippen LogP contribution in [0.25, 0.3) is 33.8 Å². The molecule has 0 atom stereocenters. The van der Waals surface area contributed by atoms with E-state index in [2.05, 4.69) is 25.4 Å². The van der Waals surface area contributed by atoms with E-state index in [-0.39, 0.29) is 0 Å². The first-order chi connectivity index (χ1) is 13.8. The maximum Gasteiger partial charge on any atom is 0.277 e. The molecular formula is C19H12ClN5O2S. The third kappa shape index (κ3) is 3.17. The van der Waals surface area contributed by atoms with Gasteiger partial charge >= 0.3 is 0 Å². The van der Waals surface area contributed by atoms with Gasteiger partial charge in [0.1, 0.15) is 0 Å². The van der Waals surface area contributed by atoms with Crippen LogP contribution in [0.1, 0.15) is 5.89 Å². The molecule has 9 heteroatoms. The first-order valence-corrected chi connectivity index (χ1v) is 9.74. The number of hydrogen-bond acceptors (Lipinski definition) is 7. The molecule has 0 aliphatic carbocycles.